The number of nitrogens with one attached hydrogen (secondary N) is 1. The number of likely N-dealkylation sites (N-methyl/N-ethyl adjacent to an activating group) is 1. The number of likely N-dealkylation sites (tertiary alicyclic amines) is 1. The molecule has 31 heavy (non-hydrogen) atoms. The van der Waals surface area contributed by atoms with Crippen molar-refractivity contribution < 1.29 is 14.3 Å². The molecule has 8 nitrogen and oxygen atoms in total. The second-order valence-corrected chi connectivity index (χ2v) is 9.50. The number of piperidine rings is 1. The van der Waals surface area contributed by atoms with Crippen LogP contribution in [-0.2, 0) is 4.79 Å². The number of nitrogens with zero attached hydrogens (tertiary/aromatic N) is 4. The summed E-state index contributed by atoms with van der Waals surface area (Å²) in [5, 5.41) is 3.00. The van der Waals surface area contributed by atoms with Gasteiger partial charge in [0, 0.05) is 63.9 Å². The van der Waals surface area contributed by atoms with E-state index in [1.165, 1.54) is 12.8 Å². The summed E-state index contributed by atoms with van der Waals surface area (Å²) in [6.45, 7) is 4.91. The van der Waals surface area contributed by atoms with Crippen LogP contribution in [0.5, 0.6) is 5.75 Å². The summed E-state index contributed by atoms with van der Waals surface area (Å²) >= 11 is 0. The lowest BCUT2D eigenvalue weighted by molar-refractivity contribution is -0.134. The zero-order valence-electron chi connectivity index (χ0n) is 18.5. The Morgan fingerprint density at radius 2 is 1.97 bits per heavy atom. The molecule has 1 spiro atoms. The van der Waals surface area contributed by atoms with E-state index in [1.54, 1.807) is 7.11 Å². The molecule has 0 bridgehead atoms. The van der Waals surface area contributed by atoms with E-state index in [0.717, 1.165) is 50.5 Å². The normalized spacial score (nSPS) is 26.3. The molecule has 5 rings (SSSR count). The fourth-order valence-corrected chi connectivity index (χ4v) is 5.52. The minimum absolute atomic E-state index is 0.0327. The fourth-order valence-electron chi connectivity index (χ4n) is 5.52. The van der Waals surface area contributed by atoms with Crippen LogP contribution in [-0.4, -0.2) is 96.7 Å². The van der Waals surface area contributed by atoms with Gasteiger partial charge in [-0.1, -0.05) is 6.07 Å². The van der Waals surface area contributed by atoms with Gasteiger partial charge in [0.25, 0.3) is 0 Å². The number of carbonyl (C=O) groups is 2. The summed E-state index contributed by atoms with van der Waals surface area (Å²) in [5.74, 6) is 1.68. The van der Waals surface area contributed by atoms with E-state index in [4.69, 9.17) is 4.74 Å². The van der Waals surface area contributed by atoms with Crippen molar-refractivity contribution in [2.75, 3.05) is 58.7 Å². The quantitative estimate of drug-likeness (QED) is 0.795. The molecule has 0 aromatic heterocycles. The average molecular weight is 428 g/mol. The number of hydrogen-bond acceptors (Lipinski definition) is 5. The van der Waals surface area contributed by atoms with E-state index < -0.39 is 0 Å². The van der Waals surface area contributed by atoms with Crippen molar-refractivity contribution in [3.8, 4) is 5.75 Å². The third-order valence-corrected chi connectivity index (χ3v) is 7.48. The Hall–Kier alpha value is -2.32. The second-order valence-electron chi connectivity index (χ2n) is 9.50. The standard InChI is InChI=1S/C23H33N5O3/c1-25-12-13-27-20(16-25)21(29)28(15-17-6-7-17)23(27)8-10-26(11-9-23)22(30)24-18-4-3-5-19(14-18)31-2/h3-5,14,17,20H,6-13,15-16H2,1-2H3,(H,24,30)/t20-/m1/s1. The van der Waals surface area contributed by atoms with Crippen molar-refractivity contribution in [3.05, 3.63) is 24.3 Å². The lowest BCUT2D eigenvalue weighted by Crippen LogP contribution is -2.64. The van der Waals surface area contributed by atoms with Gasteiger partial charge in [0.2, 0.25) is 5.91 Å². The number of hydrogen-bond donors (Lipinski definition) is 1. The first-order valence-electron chi connectivity index (χ1n) is 11.5. The molecule has 1 aliphatic carbocycles. The molecule has 3 aliphatic heterocycles. The maximum Gasteiger partial charge on any atom is 0.321 e. The minimum atomic E-state index is -0.224. The Labute approximate surface area is 184 Å². The van der Waals surface area contributed by atoms with Crippen LogP contribution in [0.3, 0.4) is 0 Å². The van der Waals surface area contributed by atoms with Crippen molar-refractivity contribution in [1.82, 2.24) is 19.6 Å². The monoisotopic (exact) mass is 427 g/mol. The molecule has 1 aromatic rings. The van der Waals surface area contributed by atoms with Crippen LogP contribution in [0, 0.1) is 5.92 Å². The van der Waals surface area contributed by atoms with Gasteiger partial charge >= 0.3 is 6.03 Å². The number of benzene rings is 1. The van der Waals surface area contributed by atoms with Crippen molar-refractivity contribution in [2.24, 2.45) is 5.92 Å². The summed E-state index contributed by atoms with van der Waals surface area (Å²) in [6, 6.07) is 7.30. The predicted octanol–water partition coefficient (Wildman–Crippen LogP) is 1.89. The first-order chi connectivity index (χ1) is 15.0. The Balaban J connectivity index is 1.29. The molecular formula is C23H33N5O3. The first-order valence-corrected chi connectivity index (χ1v) is 11.5. The third-order valence-electron chi connectivity index (χ3n) is 7.48. The van der Waals surface area contributed by atoms with E-state index in [1.807, 2.05) is 29.2 Å². The van der Waals surface area contributed by atoms with E-state index in [2.05, 4.69) is 27.1 Å². The lowest BCUT2D eigenvalue weighted by Gasteiger charge is -2.50. The molecule has 4 fully saturated rings. The van der Waals surface area contributed by atoms with Crippen LogP contribution in [0.25, 0.3) is 0 Å². The Morgan fingerprint density at radius 1 is 1.19 bits per heavy atom. The summed E-state index contributed by atoms with van der Waals surface area (Å²) in [5.41, 5.74) is 0.508. The topological polar surface area (TPSA) is 68.4 Å². The number of ether oxygens (including phenoxy) is 1. The Kier molecular flexibility index (Phi) is 5.30. The number of carbonyl (C=O) groups excluding carboxylic acids is 2. The van der Waals surface area contributed by atoms with Crippen LogP contribution in [0.4, 0.5) is 10.5 Å². The zero-order valence-corrected chi connectivity index (χ0v) is 18.5. The second kappa shape index (κ2) is 7.98. The van der Waals surface area contributed by atoms with Gasteiger partial charge in [-0.05, 0) is 37.9 Å². The number of urea groups is 1. The summed E-state index contributed by atoms with van der Waals surface area (Å²) in [4.78, 5) is 35.1. The molecular weight excluding hydrogens is 394 g/mol. The predicted molar refractivity (Wildman–Crippen MR) is 118 cm³/mol. The Morgan fingerprint density at radius 3 is 2.68 bits per heavy atom. The van der Waals surface area contributed by atoms with Crippen molar-refractivity contribution in [1.29, 1.82) is 0 Å². The molecule has 3 saturated heterocycles. The van der Waals surface area contributed by atoms with Gasteiger partial charge in [-0.15, -0.1) is 0 Å². The molecule has 1 N–H and O–H groups in total. The maximum absolute atomic E-state index is 13.4. The highest BCUT2D eigenvalue weighted by molar-refractivity contribution is 5.90. The molecule has 1 atom stereocenters. The number of piperazine rings is 1. The minimum Gasteiger partial charge on any atom is -0.497 e. The summed E-state index contributed by atoms with van der Waals surface area (Å²) < 4.78 is 5.25. The van der Waals surface area contributed by atoms with E-state index in [-0.39, 0.29) is 17.7 Å². The molecule has 1 aromatic carbocycles. The molecule has 168 valence electrons. The number of amides is 3. The molecule has 1 saturated carbocycles. The molecule has 0 unspecified atom stereocenters. The maximum atomic E-state index is 13.4. The van der Waals surface area contributed by atoms with E-state index >= 15 is 0 Å². The van der Waals surface area contributed by atoms with Gasteiger partial charge in [-0.2, -0.15) is 0 Å². The highest BCUT2D eigenvalue weighted by Crippen LogP contribution is 2.44. The SMILES string of the molecule is COc1cccc(NC(=O)N2CCC3(CC2)N(CC2CC2)C(=O)[C@H]2CN(C)CCN23)c1. The number of fused-ring (bicyclic) bond motifs is 2. The highest BCUT2D eigenvalue weighted by atomic mass is 16.5. The number of anilines is 1. The summed E-state index contributed by atoms with van der Waals surface area (Å²) in [6.07, 6.45) is 4.10. The molecule has 0 radical (unpaired) electrons. The first kappa shape index (κ1) is 20.6. The van der Waals surface area contributed by atoms with Crippen molar-refractivity contribution in [3.63, 3.8) is 0 Å². The van der Waals surface area contributed by atoms with Crippen molar-refractivity contribution in [2.45, 2.75) is 37.4 Å². The van der Waals surface area contributed by atoms with Crippen LogP contribution < -0.4 is 10.1 Å². The van der Waals surface area contributed by atoms with Crippen LogP contribution in [0.2, 0.25) is 0 Å². The lowest BCUT2D eigenvalue weighted by atomic mass is 9.93. The van der Waals surface area contributed by atoms with Crippen molar-refractivity contribution >= 4 is 17.6 Å². The molecule has 4 aliphatic rings. The van der Waals surface area contributed by atoms with Gasteiger partial charge in [-0.3, -0.25) is 9.69 Å². The number of methoxy groups -OCH3 is 1. The average Bonchev–Trinajstić information content (AvgIpc) is 3.58. The van der Waals surface area contributed by atoms with Gasteiger partial charge in [0.15, 0.2) is 0 Å². The van der Waals surface area contributed by atoms with E-state index in [0.29, 0.717) is 24.9 Å². The highest BCUT2D eigenvalue weighted by Gasteiger charge is 2.59. The van der Waals surface area contributed by atoms with Crippen LogP contribution in [0.1, 0.15) is 25.7 Å². The molecule has 3 heterocycles. The Bertz CT molecular complexity index is 849. The fraction of sp³-hybridized carbons (Fsp3) is 0.652. The molecule has 3 amide bonds. The third kappa shape index (κ3) is 3.76. The van der Waals surface area contributed by atoms with Gasteiger partial charge in [-0.25, -0.2) is 4.79 Å². The van der Waals surface area contributed by atoms with Gasteiger partial charge in [0.1, 0.15) is 17.5 Å². The molecule has 8 heteroatoms. The summed E-state index contributed by atoms with van der Waals surface area (Å²) in [7, 11) is 3.72. The zero-order chi connectivity index (χ0) is 21.6. The van der Waals surface area contributed by atoms with Crippen LogP contribution in [0.15, 0.2) is 24.3 Å². The smallest absolute Gasteiger partial charge is 0.321 e. The van der Waals surface area contributed by atoms with E-state index in [9.17, 15) is 9.59 Å². The van der Waals surface area contributed by atoms with Gasteiger partial charge < -0.3 is 24.8 Å². The van der Waals surface area contributed by atoms with Gasteiger partial charge in [0.05, 0.1) is 7.11 Å². The number of rotatable bonds is 4. The largest absolute Gasteiger partial charge is 0.497 e. The van der Waals surface area contributed by atoms with Crippen LogP contribution >= 0.6 is 0 Å².